The maximum atomic E-state index is 13.6. The Morgan fingerprint density at radius 1 is 1.21 bits per heavy atom. The first-order valence-corrected chi connectivity index (χ1v) is 9.42. The molecule has 2 heterocycles. The van der Waals surface area contributed by atoms with Gasteiger partial charge in [-0.3, -0.25) is 9.88 Å². The number of rotatable bonds is 4. The number of piperidine rings is 1. The molecule has 2 aromatic rings. The molecule has 148 valence electrons. The second-order valence-electron chi connectivity index (χ2n) is 6.54. The zero-order chi connectivity index (χ0) is 20.1. The Balaban J connectivity index is 1.87. The summed E-state index contributed by atoms with van der Waals surface area (Å²) in [5, 5.41) is -0.0528. The van der Waals surface area contributed by atoms with E-state index >= 15 is 0 Å². The largest absolute Gasteiger partial charge is 0.465 e. The molecule has 1 aromatic heterocycles. The van der Waals surface area contributed by atoms with Gasteiger partial charge in [-0.2, -0.15) is 0 Å². The van der Waals surface area contributed by atoms with Crippen LogP contribution in [0.4, 0.5) is 14.9 Å². The Hall–Kier alpha value is -2.67. The second kappa shape index (κ2) is 9.01. The number of amides is 2. The van der Waals surface area contributed by atoms with Gasteiger partial charge in [-0.1, -0.05) is 11.6 Å². The molecule has 2 amide bonds. The van der Waals surface area contributed by atoms with Crippen LogP contribution in [0.25, 0.3) is 0 Å². The molecule has 1 aliphatic heterocycles. The van der Waals surface area contributed by atoms with Crippen molar-refractivity contribution < 1.29 is 18.7 Å². The highest BCUT2D eigenvalue weighted by atomic mass is 35.5. The summed E-state index contributed by atoms with van der Waals surface area (Å²) < 4.78 is 18.3. The molecule has 0 aliphatic carbocycles. The average Bonchev–Trinajstić information content (AvgIpc) is 2.74. The van der Waals surface area contributed by atoms with Crippen LogP contribution in [0.2, 0.25) is 5.02 Å². The third-order valence-corrected chi connectivity index (χ3v) is 4.93. The number of nitrogens with zero attached hydrogens (tertiary/aromatic N) is 3. The summed E-state index contributed by atoms with van der Waals surface area (Å²) in [6.07, 6.45) is 4.41. The minimum absolute atomic E-state index is 0.0528. The van der Waals surface area contributed by atoms with E-state index in [9.17, 15) is 14.0 Å². The van der Waals surface area contributed by atoms with Gasteiger partial charge in [0.25, 0.3) is 0 Å². The number of ether oxygens (including phenoxy) is 1. The van der Waals surface area contributed by atoms with Gasteiger partial charge in [-0.25, -0.2) is 14.0 Å². The molecule has 1 aromatic carbocycles. The lowest BCUT2D eigenvalue weighted by Gasteiger charge is -2.33. The van der Waals surface area contributed by atoms with E-state index in [1.54, 1.807) is 17.0 Å². The molecule has 0 radical (unpaired) electrons. The molecular formula is C20H21ClFN3O3. The molecule has 1 fully saturated rings. The summed E-state index contributed by atoms with van der Waals surface area (Å²) >= 11 is 5.93. The zero-order valence-electron chi connectivity index (χ0n) is 15.5. The maximum absolute atomic E-state index is 13.6. The Labute approximate surface area is 167 Å². The standard InChI is InChI=1S/C20H21ClFN3O3/c1-28-19(26)14-5-6-15(23-12-14)13-25(16-7-8-18(22)17(21)11-16)20(27)24-9-3-2-4-10-24/h5-8,11-12H,2-4,9-10,13H2,1H3. The van der Waals surface area contributed by atoms with Crippen molar-refractivity contribution in [3.8, 4) is 0 Å². The third kappa shape index (κ3) is 4.59. The molecule has 1 saturated heterocycles. The molecule has 0 saturated carbocycles. The number of urea groups is 1. The number of hydrogen-bond acceptors (Lipinski definition) is 4. The molecule has 0 unspecified atom stereocenters. The molecule has 8 heteroatoms. The smallest absolute Gasteiger partial charge is 0.339 e. The molecule has 28 heavy (non-hydrogen) atoms. The number of halogens is 2. The Morgan fingerprint density at radius 3 is 2.57 bits per heavy atom. The molecule has 0 bridgehead atoms. The number of pyridine rings is 1. The second-order valence-corrected chi connectivity index (χ2v) is 6.95. The van der Waals surface area contributed by atoms with Crippen LogP contribution in [0.3, 0.4) is 0 Å². The number of methoxy groups -OCH3 is 1. The highest BCUT2D eigenvalue weighted by Crippen LogP contribution is 2.26. The van der Waals surface area contributed by atoms with Crippen LogP contribution >= 0.6 is 11.6 Å². The van der Waals surface area contributed by atoms with E-state index in [0.717, 1.165) is 19.3 Å². The average molecular weight is 406 g/mol. The molecule has 0 N–H and O–H groups in total. The highest BCUT2D eigenvalue weighted by molar-refractivity contribution is 6.31. The first-order valence-electron chi connectivity index (χ1n) is 9.04. The number of carbonyl (C=O) groups is 2. The zero-order valence-corrected chi connectivity index (χ0v) is 16.3. The van der Waals surface area contributed by atoms with Crippen molar-refractivity contribution >= 4 is 29.3 Å². The Bertz CT molecular complexity index is 854. The third-order valence-electron chi connectivity index (χ3n) is 4.64. The Kier molecular flexibility index (Phi) is 6.46. The molecule has 3 rings (SSSR count). The molecule has 1 aliphatic rings. The van der Waals surface area contributed by atoms with E-state index in [0.29, 0.717) is 30.0 Å². The lowest BCUT2D eigenvalue weighted by atomic mass is 10.1. The maximum Gasteiger partial charge on any atom is 0.339 e. The van der Waals surface area contributed by atoms with Crippen LogP contribution in [-0.2, 0) is 11.3 Å². The van der Waals surface area contributed by atoms with E-state index in [1.165, 1.54) is 36.4 Å². The normalized spacial score (nSPS) is 13.9. The topological polar surface area (TPSA) is 62.7 Å². The summed E-state index contributed by atoms with van der Waals surface area (Å²) in [6.45, 7) is 1.52. The van der Waals surface area contributed by atoms with Crippen LogP contribution in [0.1, 0.15) is 35.3 Å². The van der Waals surface area contributed by atoms with Crippen LogP contribution in [0, 0.1) is 5.82 Å². The lowest BCUT2D eigenvalue weighted by molar-refractivity contribution is 0.0600. The number of carbonyl (C=O) groups excluding carboxylic acids is 2. The van der Waals surface area contributed by atoms with Crippen LogP contribution in [0.5, 0.6) is 0 Å². The number of benzene rings is 1. The van der Waals surface area contributed by atoms with Crippen LogP contribution < -0.4 is 4.90 Å². The summed E-state index contributed by atoms with van der Waals surface area (Å²) in [5.41, 5.74) is 1.39. The predicted octanol–water partition coefficient (Wildman–Crippen LogP) is 4.27. The van der Waals surface area contributed by atoms with Gasteiger partial charge >= 0.3 is 12.0 Å². The van der Waals surface area contributed by atoms with Gasteiger partial charge in [-0.05, 0) is 49.6 Å². The van der Waals surface area contributed by atoms with Crippen molar-refractivity contribution in [3.05, 3.63) is 58.6 Å². The van der Waals surface area contributed by atoms with E-state index in [-0.39, 0.29) is 17.6 Å². The van der Waals surface area contributed by atoms with Gasteiger partial charge in [0.05, 0.1) is 29.9 Å². The number of anilines is 1. The van der Waals surface area contributed by atoms with Gasteiger partial charge in [0, 0.05) is 25.0 Å². The fourth-order valence-corrected chi connectivity index (χ4v) is 3.27. The highest BCUT2D eigenvalue weighted by Gasteiger charge is 2.25. The lowest BCUT2D eigenvalue weighted by Crippen LogP contribution is -2.45. The monoisotopic (exact) mass is 405 g/mol. The molecule has 6 nitrogen and oxygen atoms in total. The minimum Gasteiger partial charge on any atom is -0.465 e. The summed E-state index contributed by atoms with van der Waals surface area (Å²) in [5.74, 6) is -1.03. The quantitative estimate of drug-likeness (QED) is 0.712. The van der Waals surface area contributed by atoms with E-state index < -0.39 is 11.8 Å². The first-order chi connectivity index (χ1) is 13.5. The number of aromatic nitrogens is 1. The predicted molar refractivity (Wildman–Crippen MR) is 104 cm³/mol. The number of likely N-dealkylation sites (tertiary alicyclic amines) is 1. The van der Waals surface area contributed by atoms with Gasteiger partial charge in [0.2, 0.25) is 0 Å². The van der Waals surface area contributed by atoms with Gasteiger partial charge in [0.15, 0.2) is 0 Å². The fraction of sp³-hybridized carbons (Fsp3) is 0.350. The van der Waals surface area contributed by atoms with Crippen LogP contribution in [-0.4, -0.2) is 42.1 Å². The van der Waals surface area contributed by atoms with Crippen molar-refractivity contribution in [2.24, 2.45) is 0 Å². The van der Waals surface area contributed by atoms with Gasteiger partial charge in [0.1, 0.15) is 5.82 Å². The van der Waals surface area contributed by atoms with Crippen molar-refractivity contribution in [3.63, 3.8) is 0 Å². The summed E-state index contributed by atoms with van der Waals surface area (Å²) in [4.78, 5) is 32.3. The number of esters is 1. The first kappa shape index (κ1) is 20.1. The SMILES string of the molecule is COC(=O)c1ccc(CN(C(=O)N2CCCCC2)c2ccc(F)c(Cl)c2)nc1. The Morgan fingerprint density at radius 2 is 1.96 bits per heavy atom. The summed E-state index contributed by atoms with van der Waals surface area (Å²) in [7, 11) is 1.30. The molecular weight excluding hydrogens is 385 g/mol. The van der Waals surface area contributed by atoms with Crippen molar-refractivity contribution in [1.29, 1.82) is 0 Å². The minimum atomic E-state index is -0.545. The fourth-order valence-electron chi connectivity index (χ4n) is 3.10. The van der Waals surface area contributed by atoms with E-state index in [4.69, 9.17) is 11.6 Å². The van der Waals surface area contributed by atoms with Crippen molar-refractivity contribution in [1.82, 2.24) is 9.88 Å². The molecule has 0 atom stereocenters. The van der Waals surface area contributed by atoms with E-state index in [1.807, 2.05) is 0 Å². The van der Waals surface area contributed by atoms with Crippen molar-refractivity contribution in [2.45, 2.75) is 25.8 Å². The molecule has 0 spiro atoms. The van der Waals surface area contributed by atoms with Gasteiger partial charge < -0.3 is 9.64 Å². The van der Waals surface area contributed by atoms with Crippen LogP contribution in [0.15, 0.2) is 36.5 Å². The van der Waals surface area contributed by atoms with Gasteiger partial charge in [-0.15, -0.1) is 0 Å². The summed E-state index contributed by atoms with van der Waals surface area (Å²) in [6, 6.07) is 7.26. The van der Waals surface area contributed by atoms with E-state index in [2.05, 4.69) is 9.72 Å². The van der Waals surface area contributed by atoms with Crippen molar-refractivity contribution in [2.75, 3.05) is 25.1 Å². The number of hydrogen-bond donors (Lipinski definition) is 0.